The number of carbonyl (C=O) groups excluding carboxylic acids is 1. The number of morpholine rings is 1. The molecule has 158 valence electrons. The number of amides is 1. The van der Waals surface area contributed by atoms with Gasteiger partial charge in [-0.3, -0.25) is 9.69 Å². The highest BCUT2D eigenvalue weighted by Gasteiger charge is 2.18. The molecule has 0 spiro atoms. The van der Waals surface area contributed by atoms with Gasteiger partial charge in [-0.2, -0.15) is 0 Å². The maximum absolute atomic E-state index is 12.9. The predicted octanol–water partition coefficient (Wildman–Crippen LogP) is 4.62. The summed E-state index contributed by atoms with van der Waals surface area (Å²) in [6, 6.07) is 8.79. The van der Waals surface area contributed by atoms with Crippen LogP contribution < -0.4 is 0 Å². The lowest BCUT2D eigenvalue weighted by molar-refractivity contribution is -0.132. The van der Waals surface area contributed by atoms with E-state index in [0.29, 0.717) is 18.9 Å². The Kier molecular flexibility index (Phi) is 9.46. The Labute approximate surface area is 172 Å². The van der Waals surface area contributed by atoms with Gasteiger partial charge >= 0.3 is 0 Å². The van der Waals surface area contributed by atoms with Crippen LogP contribution >= 0.6 is 0 Å². The van der Waals surface area contributed by atoms with E-state index in [2.05, 4.69) is 61.8 Å². The molecule has 0 bridgehead atoms. The Morgan fingerprint density at radius 3 is 2.36 bits per heavy atom. The number of ether oxygens (including phenoxy) is 1. The third-order valence-electron chi connectivity index (χ3n) is 5.58. The maximum Gasteiger partial charge on any atom is 0.222 e. The second-order valence-electron chi connectivity index (χ2n) is 9.03. The van der Waals surface area contributed by atoms with Crippen molar-refractivity contribution < 1.29 is 9.53 Å². The van der Waals surface area contributed by atoms with Crippen LogP contribution in [0.15, 0.2) is 24.3 Å². The summed E-state index contributed by atoms with van der Waals surface area (Å²) in [6.45, 7) is 14.9. The molecule has 1 fully saturated rings. The lowest BCUT2D eigenvalue weighted by atomic mass is 9.87. The molecule has 1 aliphatic heterocycles. The molecule has 1 saturated heterocycles. The molecular formula is C24H40N2O2. The van der Waals surface area contributed by atoms with Gasteiger partial charge in [-0.15, -0.1) is 0 Å². The van der Waals surface area contributed by atoms with Crippen molar-refractivity contribution in [1.29, 1.82) is 0 Å². The predicted molar refractivity (Wildman–Crippen MR) is 117 cm³/mol. The van der Waals surface area contributed by atoms with Gasteiger partial charge in [0.25, 0.3) is 0 Å². The molecule has 4 nitrogen and oxygen atoms in total. The first-order valence-corrected chi connectivity index (χ1v) is 11.1. The van der Waals surface area contributed by atoms with E-state index in [-0.39, 0.29) is 5.41 Å². The number of benzene rings is 1. The smallest absolute Gasteiger partial charge is 0.222 e. The molecule has 1 aromatic carbocycles. The van der Waals surface area contributed by atoms with Crippen LogP contribution in [0.1, 0.15) is 70.9 Å². The van der Waals surface area contributed by atoms with Crippen LogP contribution in [0, 0.1) is 0 Å². The summed E-state index contributed by atoms with van der Waals surface area (Å²) < 4.78 is 5.44. The summed E-state index contributed by atoms with van der Waals surface area (Å²) in [5.41, 5.74) is 2.71. The molecule has 0 N–H and O–H groups in total. The SMILES string of the molecule is CCCCCCC(=O)N(CCN1CCOCC1)Cc1ccc(C(C)(C)C)cc1. The number of hydrogen-bond donors (Lipinski definition) is 0. The quantitative estimate of drug-likeness (QED) is 0.549. The minimum absolute atomic E-state index is 0.156. The number of carbonyl (C=O) groups is 1. The molecule has 4 heteroatoms. The maximum atomic E-state index is 12.9. The lowest BCUT2D eigenvalue weighted by Gasteiger charge is -2.30. The summed E-state index contributed by atoms with van der Waals surface area (Å²) in [5, 5.41) is 0. The molecular weight excluding hydrogens is 348 g/mol. The second-order valence-corrected chi connectivity index (χ2v) is 9.03. The largest absolute Gasteiger partial charge is 0.379 e. The minimum Gasteiger partial charge on any atom is -0.379 e. The summed E-state index contributed by atoms with van der Waals surface area (Å²) >= 11 is 0. The van der Waals surface area contributed by atoms with Crippen LogP contribution in [0.5, 0.6) is 0 Å². The van der Waals surface area contributed by atoms with Crippen molar-refractivity contribution in [3.63, 3.8) is 0 Å². The molecule has 2 rings (SSSR count). The number of unbranched alkanes of at least 4 members (excludes halogenated alkanes) is 3. The van der Waals surface area contributed by atoms with Crippen molar-refractivity contribution in [3.05, 3.63) is 35.4 Å². The fourth-order valence-corrected chi connectivity index (χ4v) is 3.57. The molecule has 1 aromatic rings. The van der Waals surface area contributed by atoms with E-state index >= 15 is 0 Å². The van der Waals surface area contributed by atoms with E-state index in [0.717, 1.165) is 52.2 Å². The van der Waals surface area contributed by atoms with E-state index in [9.17, 15) is 4.79 Å². The van der Waals surface area contributed by atoms with Gasteiger partial charge in [0.2, 0.25) is 5.91 Å². The van der Waals surface area contributed by atoms with Crippen LogP contribution in [0.2, 0.25) is 0 Å². The Bertz CT molecular complexity index is 571. The van der Waals surface area contributed by atoms with Crippen LogP contribution in [0.4, 0.5) is 0 Å². The summed E-state index contributed by atoms with van der Waals surface area (Å²) in [5.74, 6) is 0.296. The Morgan fingerprint density at radius 1 is 1.07 bits per heavy atom. The van der Waals surface area contributed by atoms with Gasteiger partial charge in [-0.1, -0.05) is 71.2 Å². The summed E-state index contributed by atoms with van der Waals surface area (Å²) in [6.07, 6.45) is 5.25. The number of nitrogens with zero attached hydrogens (tertiary/aromatic N) is 2. The first-order valence-electron chi connectivity index (χ1n) is 11.1. The highest BCUT2D eigenvalue weighted by atomic mass is 16.5. The fraction of sp³-hybridized carbons (Fsp3) is 0.708. The van der Waals surface area contributed by atoms with Gasteiger partial charge in [-0.25, -0.2) is 0 Å². The summed E-state index contributed by atoms with van der Waals surface area (Å²) in [7, 11) is 0. The van der Waals surface area contributed by atoms with E-state index < -0.39 is 0 Å². The molecule has 0 aromatic heterocycles. The zero-order valence-corrected chi connectivity index (χ0v) is 18.5. The molecule has 1 aliphatic rings. The number of hydrogen-bond acceptors (Lipinski definition) is 3. The van der Waals surface area contributed by atoms with Crippen LogP contribution in [-0.2, 0) is 21.5 Å². The summed E-state index contributed by atoms with van der Waals surface area (Å²) in [4.78, 5) is 17.4. The Balaban J connectivity index is 1.96. The van der Waals surface area contributed by atoms with Crippen molar-refractivity contribution >= 4 is 5.91 Å². The van der Waals surface area contributed by atoms with Crippen molar-refractivity contribution in [1.82, 2.24) is 9.80 Å². The molecule has 0 atom stereocenters. The first-order chi connectivity index (χ1) is 13.4. The normalized spacial score (nSPS) is 15.6. The molecule has 1 amide bonds. The van der Waals surface area contributed by atoms with Gasteiger partial charge in [0.15, 0.2) is 0 Å². The molecule has 0 saturated carbocycles. The highest BCUT2D eigenvalue weighted by Crippen LogP contribution is 2.22. The first kappa shape index (κ1) is 22.9. The van der Waals surface area contributed by atoms with Crippen molar-refractivity contribution in [2.45, 2.75) is 71.8 Å². The molecule has 1 heterocycles. The van der Waals surface area contributed by atoms with Gasteiger partial charge in [-0.05, 0) is 23.0 Å². The van der Waals surface area contributed by atoms with E-state index in [4.69, 9.17) is 4.74 Å². The lowest BCUT2D eigenvalue weighted by Crippen LogP contribution is -2.42. The van der Waals surface area contributed by atoms with Crippen molar-refractivity contribution in [2.24, 2.45) is 0 Å². The van der Waals surface area contributed by atoms with E-state index in [1.165, 1.54) is 24.0 Å². The van der Waals surface area contributed by atoms with E-state index in [1.54, 1.807) is 0 Å². The van der Waals surface area contributed by atoms with Gasteiger partial charge in [0, 0.05) is 39.1 Å². The van der Waals surface area contributed by atoms with Crippen LogP contribution in [0.3, 0.4) is 0 Å². The zero-order valence-electron chi connectivity index (χ0n) is 18.5. The average Bonchev–Trinajstić information content (AvgIpc) is 2.69. The monoisotopic (exact) mass is 388 g/mol. The Hall–Kier alpha value is -1.39. The fourth-order valence-electron chi connectivity index (χ4n) is 3.57. The van der Waals surface area contributed by atoms with Crippen LogP contribution in [0.25, 0.3) is 0 Å². The zero-order chi connectivity index (χ0) is 20.4. The standard InChI is InChI=1S/C24H40N2O2/c1-5-6-7-8-9-23(27)26(15-14-25-16-18-28-19-17-25)20-21-10-12-22(13-11-21)24(2,3)4/h10-13H,5-9,14-20H2,1-4H3. The van der Waals surface area contributed by atoms with Gasteiger partial charge in [0.05, 0.1) is 13.2 Å². The van der Waals surface area contributed by atoms with Gasteiger partial charge in [0.1, 0.15) is 0 Å². The van der Waals surface area contributed by atoms with Crippen molar-refractivity contribution in [3.8, 4) is 0 Å². The highest BCUT2D eigenvalue weighted by molar-refractivity contribution is 5.76. The molecule has 28 heavy (non-hydrogen) atoms. The van der Waals surface area contributed by atoms with Crippen molar-refractivity contribution in [2.75, 3.05) is 39.4 Å². The molecule has 0 radical (unpaired) electrons. The van der Waals surface area contributed by atoms with Crippen LogP contribution in [-0.4, -0.2) is 55.1 Å². The second kappa shape index (κ2) is 11.6. The van der Waals surface area contributed by atoms with E-state index in [1.807, 2.05) is 0 Å². The Morgan fingerprint density at radius 2 is 1.75 bits per heavy atom. The molecule has 0 aliphatic carbocycles. The minimum atomic E-state index is 0.156. The topological polar surface area (TPSA) is 32.8 Å². The van der Waals surface area contributed by atoms with Gasteiger partial charge < -0.3 is 9.64 Å². The third kappa shape index (κ3) is 7.92. The average molecular weight is 389 g/mol. The molecule has 0 unspecified atom stereocenters. The number of rotatable bonds is 10. The third-order valence-corrected chi connectivity index (χ3v) is 5.58.